The number of nitrogens with zero attached hydrogens (tertiary/aromatic N) is 2. The van der Waals surface area contributed by atoms with Crippen LogP contribution in [0.1, 0.15) is 27.2 Å². The summed E-state index contributed by atoms with van der Waals surface area (Å²) in [5, 5.41) is 7.96. The van der Waals surface area contributed by atoms with Gasteiger partial charge in [-0.05, 0) is 25.5 Å². The summed E-state index contributed by atoms with van der Waals surface area (Å²) < 4.78 is 10.3. The number of benzene rings is 1. The lowest BCUT2D eigenvalue weighted by atomic mass is 10.1. The molecule has 0 bridgehead atoms. The quantitative estimate of drug-likeness (QED) is 0.800. The molecule has 1 heterocycles. The Morgan fingerprint density at radius 3 is 2.65 bits per heavy atom. The molecule has 0 aliphatic rings. The zero-order chi connectivity index (χ0) is 14.5. The summed E-state index contributed by atoms with van der Waals surface area (Å²) in [7, 11) is 1.36. The van der Waals surface area contributed by atoms with Gasteiger partial charge in [0.2, 0.25) is 5.88 Å². The molecular weight excluding hydrogens is 256 g/mol. The summed E-state index contributed by atoms with van der Waals surface area (Å²) in [5.41, 5.74) is 3.12. The molecule has 0 fully saturated rings. The Kier molecular flexibility index (Phi) is 4.30. The molecule has 1 aromatic heterocycles. The molecule has 5 nitrogen and oxygen atoms in total. The van der Waals surface area contributed by atoms with E-state index in [0.29, 0.717) is 11.4 Å². The van der Waals surface area contributed by atoms with E-state index < -0.39 is 0 Å². The Morgan fingerprint density at radius 2 is 1.95 bits per heavy atom. The lowest BCUT2D eigenvalue weighted by Crippen LogP contribution is -2.08. The van der Waals surface area contributed by atoms with Crippen LogP contribution in [0.4, 0.5) is 0 Å². The van der Waals surface area contributed by atoms with E-state index in [-0.39, 0.29) is 12.6 Å². The van der Waals surface area contributed by atoms with Gasteiger partial charge in [0, 0.05) is 11.6 Å². The van der Waals surface area contributed by atoms with Gasteiger partial charge >= 0.3 is 5.97 Å². The minimum absolute atomic E-state index is 0.239. The highest BCUT2D eigenvalue weighted by Crippen LogP contribution is 2.15. The molecule has 2 aromatic rings. The molecule has 104 valence electrons. The third kappa shape index (κ3) is 3.12. The second-order valence-electron chi connectivity index (χ2n) is 4.39. The minimum Gasteiger partial charge on any atom is -0.472 e. The number of rotatable bonds is 4. The molecule has 0 radical (unpaired) electrons. The van der Waals surface area contributed by atoms with Crippen LogP contribution in [0.25, 0.3) is 0 Å². The minimum atomic E-state index is -0.379. The zero-order valence-electron chi connectivity index (χ0n) is 11.7. The SMILES string of the molecule is COC(=O)c1ccccc1COc1cc(C)c(C)nn1. The van der Waals surface area contributed by atoms with Gasteiger partial charge in [-0.2, -0.15) is 5.10 Å². The van der Waals surface area contributed by atoms with Crippen LogP contribution in [0, 0.1) is 13.8 Å². The Bertz CT molecular complexity index is 626. The third-order valence-corrected chi connectivity index (χ3v) is 3.01. The van der Waals surface area contributed by atoms with E-state index in [2.05, 4.69) is 10.2 Å². The number of hydrogen-bond donors (Lipinski definition) is 0. The Balaban J connectivity index is 2.14. The first-order chi connectivity index (χ1) is 9.61. The number of methoxy groups -OCH3 is 1. The predicted octanol–water partition coefficient (Wildman–Crippen LogP) is 2.46. The molecule has 0 saturated carbocycles. The van der Waals surface area contributed by atoms with Crippen molar-refractivity contribution in [2.24, 2.45) is 0 Å². The number of carbonyl (C=O) groups is 1. The molecule has 2 rings (SSSR count). The van der Waals surface area contributed by atoms with Crippen molar-refractivity contribution in [1.29, 1.82) is 0 Å². The van der Waals surface area contributed by atoms with Gasteiger partial charge in [-0.3, -0.25) is 0 Å². The summed E-state index contributed by atoms with van der Waals surface area (Å²) in [6, 6.07) is 8.98. The van der Waals surface area contributed by atoms with E-state index in [9.17, 15) is 4.79 Å². The Labute approximate surface area is 117 Å². The van der Waals surface area contributed by atoms with Crippen LogP contribution in [0.3, 0.4) is 0 Å². The van der Waals surface area contributed by atoms with Crippen LogP contribution in [-0.2, 0) is 11.3 Å². The number of ether oxygens (including phenoxy) is 2. The number of esters is 1. The maximum absolute atomic E-state index is 11.6. The van der Waals surface area contributed by atoms with Crippen molar-refractivity contribution in [1.82, 2.24) is 10.2 Å². The van der Waals surface area contributed by atoms with Crippen molar-refractivity contribution < 1.29 is 14.3 Å². The van der Waals surface area contributed by atoms with E-state index in [1.54, 1.807) is 12.1 Å². The molecule has 0 unspecified atom stereocenters. The molecular formula is C15H16N2O3. The topological polar surface area (TPSA) is 61.3 Å². The normalized spacial score (nSPS) is 10.2. The highest BCUT2D eigenvalue weighted by atomic mass is 16.5. The Hall–Kier alpha value is -2.43. The molecule has 0 aliphatic carbocycles. The van der Waals surface area contributed by atoms with Crippen LogP contribution >= 0.6 is 0 Å². The number of carbonyl (C=O) groups excluding carboxylic acids is 1. The maximum atomic E-state index is 11.6. The first-order valence-electron chi connectivity index (χ1n) is 6.21. The van der Waals surface area contributed by atoms with Gasteiger partial charge in [-0.15, -0.1) is 5.10 Å². The summed E-state index contributed by atoms with van der Waals surface area (Å²) in [4.78, 5) is 11.6. The smallest absolute Gasteiger partial charge is 0.338 e. The lowest BCUT2D eigenvalue weighted by Gasteiger charge is -2.09. The van der Waals surface area contributed by atoms with Crippen LogP contribution in [0.2, 0.25) is 0 Å². The fourth-order valence-corrected chi connectivity index (χ4v) is 1.70. The fourth-order valence-electron chi connectivity index (χ4n) is 1.70. The second kappa shape index (κ2) is 6.14. The first-order valence-corrected chi connectivity index (χ1v) is 6.21. The molecule has 0 amide bonds. The van der Waals surface area contributed by atoms with Crippen molar-refractivity contribution in [3.8, 4) is 5.88 Å². The summed E-state index contributed by atoms with van der Waals surface area (Å²) in [5.74, 6) is 0.0585. The average molecular weight is 272 g/mol. The molecule has 20 heavy (non-hydrogen) atoms. The predicted molar refractivity (Wildman–Crippen MR) is 73.6 cm³/mol. The van der Waals surface area contributed by atoms with Gasteiger partial charge in [0.15, 0.2) is 0 Å². The van der Waals surface area contributed by atoms with Crippen molar-refractivity contribution >= 4 is 5.97 Å². The molecule has 0 atom stereocenters. The second-order valence-corrected chi connectivity index (χ2v) is 4.39. The van der Waals surface area contributed by atoms with Gasteiger partial charge < -0.3 is 9.47 Å². The van der Waals surface area contributed by atoms with Crippen molar-refractivity contribution in [2.45, 2.75) is 20.5 Å². The van der Waals surface area contributed by atoms with Gasteiger partial charge in [-0.25, -0.2) is 4.79 Å². The highest BCUT2D eigenvalue weighted by Gasteiger charge is 2.11. The molecule has 0 saturated heterocycles. The van der Waals surface area contributed by atoms with E-state index in [4.69, 9.17) is 9.47 Å². The van der Waals surface area contributed by atoms with E-state index in [0.717, 1.165) is 16.8 Å². The largest absolute Gasteiger partial charge is 0.472 e. The van der Waals surface area contributed by atoms with Crippen molar-refractivity contribution in [2.75, 3.05) is 7.11 Å². The number of aromatic nitrogens is 2. The lowest BCUT2D eigenvalue weighted by molar-refractivity contribution is 0.0597. The molecule has 1 aromatic carbocycles. The Morgan fingerprint density at radius 1 is 1.20 bits per heavy atom. The molecule has 0 aliphatic heterocycles. The molecule has 5 heteroatoms. The van der Waals surface area contributed by atoms with E-state index >= 15 is 0 Å². The standard InChI is InChI=1S/C15H16N2O3/c1-10-8-14(17-16-11(10)2)20-9-12-6-4-5-7-13(12)15(18)19-3/h4-8H,9H2,1-3H3. The summed E-state index contributed by atoms with van der Waals surface area (Å²) >= 11 is 0. The molecule has 0 spiro atoms. The van der Waals surface area contributed by atoms with Crippen LogP contribution in [-0.4, -0.2) is 23.3 Å². The number of hydrogen-bond acceptors (Lipinski definition) is 5. The van der Waals surface area contributed by atoms with E-state index in [1.165, 1.54) is 7.11 Å². The van der Waals surface area contributed by atoms with Gasteiger partial charge in [0.25, 0.3) is 0 Å². The van der Waals surface area contributed by atoms with Crippen molar-refractivity contribution in [3.05, 3.63) is 52.7 Å². The fraction of sp³-hybridized carbons (Fsp3) is 0.267. The average Bonchev–Trinajstić information content (AvgIpc) is 2.48. The first kappa shape index (κ1) is 14.0. The monoisotopic (exact) mass is 272 g/mol. The van der Waals surface area contributed by atoms with Crippen molar-refractivity contribution in [3.63, 3.8) is 0 Å². The third-order valence-electron chi connectivity index (χ3n) is 3.01. The van der Waals surface area contributed by atoms with Gasteiger partial charge in [0.05, 0.1) is 18.4 Å². The highest BCUT2D eigenvalue weighted by molar-refractivity contribution is 5.90. The molecule has 0 N–H and O–H groups in total. The van der Waals surface area contributed by atoms with E-state index in [1.807, 2.05) is 32.0 Å². The maximum Gasteiger partial charge on any atom is 0.338 e. The zero-order valence-corrected chi connectivity index (χ0v) is 11.7. The van der Waals surface area contributed by atoms with Crippen LogP contribution in [0.5, 0.6) is 5.88 Å². The summed E-state index contributed by atoms with van der Waals surface area (Å²) in [6.07, 6.45) is 0. The van der Waals surface area contributed by atoms with Crippen LogP contribution in [0.15, 0.2) is 30.3 Å². The number of aryl methyl sites for hydroxylation is 2. The van der Waals surface area contributed by atoms with Crippen LogP contribution < -0.4 is 4.74 Å². The van der Waals surface area contributed by atoms with Gasteiger partial charge in [0.1, 0.15) is 6.61 Å². The van der Waals surface area contributed by atoms with Gasteiger partial charge in [-0.1, -0.05) is 18.2 Å². The summed E-state index contributed by atoms with van der Waals surface area (Å²) in [6.45, 7) is 4.07.